The number of hydrogen-bond donors (Lipinski definition) is 1. The molecule has 13 heavy (non-hydrogen) atoms. The molecule has 3 heteroatoms. The van der Waals surface area contributed by atoms with E-state index in [0.29, 0.717) is 6.04 Å². The number of nitrogens with one attached hydrogen (secondary N) is 1. The number of aryl methyl sites for hydroxylation is 1. The van der Waals surface area contributed by atoms with Crippen LogP contribution in [0.3, 0.4) is 0 Å². The summed E-state index contributed by atoms with van der Waals surface area (Å²) in [7, 11) is 0. The Bertz CT molecular complexity index is 239. The zero-order chi connectivity index (χ0) is 9.68. The van der Waals surface area contributed by atoms with Crippen LogP contribution in [0.15, 0.2) is 12.1 Å². The van der Waals surface area contributed by atoms with E-state index >= 15 is 0 Å². The lowest BCUT2D eigenvalue weighted by Crippen LogP contribution is -2.21. The highest BCUT2D eigenvalue weighted by Gasteiger charge is 2.10. The van der Waals surface area contributed by atoms with Crippen molar-refractivity contribution in [3.8, 4) is 0 Å². The minimum atomic E-state index is 0.540. The van der Waals surface area contributed by atoms with Crippen LogP contribution in [0.4, 0.5) is 0 Å². The topological polar surface area (TPSA) is 12.0 Å². The van der Waals surface area contributed by atoms with E-state index in [4.69, 9.17) is 0 Å². The molecule has 74 valence electrons. The Morgan fingerprint density at radius 1 is 1.54 bits per heavy atom. The van der Waals surface area contributed by atoms with Crippen molar-refractivity contribution in [1.29, 1.82) is 0 Å². The molecule has 0 fully saturated rings. The second-order valence-corrected chi connectivity index (χ2v) is 5.24. The molecule has 1 N–H and O–H groups in total. The Hall–Kier alpha value is 0.01000. The summed E-state index contributed by atoms with van der Waals surface area (Å²) in [5.41, 5.74) is 0. The lowest BCUT2D eigenvalue weighted by atomic mass is 10.2. The van der Waals surface area contributed by atoms with Crippen LogP contribution < -0.4 is 5.32 Å². The molecule has 1 atom stereocenters. The van der Waals surface area contributed by atoms with Gasteiger partial charge < -0.3 is 5.32 Å². The second-order valence-electron chi connectivity index (χ2n) is 3.01. The van der Waals surface area contributed by atoms with Gasteiger partial charge in [-0.3, -0.25) is 0 Å². The molecular formula is C10H17NS2. The minimum Gasteiger partial charge on any atom is -0.309 e. The van der Waals surface area contributed by atoms with E-state index in [1.165, 1.54) is 9.75 Å². The maximum absolute atomic E-state index is 3.50. The molecule has 0 aliphatic rings. The fraction of sp³-hybridized carbons (Fsp3) is 0.600. The van der Waals surface area contributed by atoms with Crippen molar-refractivity contribution < 1.29 is 0 Å². The maximum Gasteiger partial charge on any atom is 0.0506 e. The fourth-order valence-corrected chi connectivity index (χ4v) is 2.98. The van der Waals surface area contributed by atoms with Crippen LogP contribution in [0.25, 0.3) is 0 Å². The molecule has 1 aromatic rings. The highest BCUT2D eigenvalue weighted by molar-refractivity contribution is 7.98. The van der Waals surface area contributed by atoms with Crippen LogP contribution in [0, 0.1) is 6.92 Å². The van der Waals surface area contributed by atoms with Gasteiger partial charge in [0.05, 0.1) is 6.04 Å². The molecule has 0 aliphatic carbocycles. The summed E-state index contributed by atoms with van der Waals surface area (Å²) in [5.74, 6) is 1.16. The van der Waals surface area contributed by atoms with Crippen molar-refractivity contribution in [2.75, 3.05) is 18.6 Å². The van der Waals surface area contributed by atoms with Crippen molar-refractivity contribution in [3.05, 3.63) is 21.9 Å². The molecule has 0 saturated carbocycles. The van der Waals surface area contributed by atoms with E-state index in [9.17, 15) is 0 Å². The van der Waals surface area contributed by atoms with Gasteiger partial charge in [0.1, 0.15) is 0 Å². The minimum absolute atomic E-state index is 0.540. The Morgan fingerprint density at radius 3 is 2.77 bits per heavy atom. The molecule has 0 aliphatic heterocycles. The van der Waals surface area contributed by atoms with E-state index < -0.39 is 0 Å². The van der Waals surface area contributed by atoms with E-state index in [1.54, 1.807) is 0 Å². The van der Waals surface area contributed by atoms with Gasteiger partial charge in [0.25, 0.3) is 0 Å². The largest absolute Gasteiger partial charge is 0.309 e. The molecule has 1 rings (SSSR count). The molecular weight excluding hydrogens is 198 g/mol. The standard InChI is InChI=1S/C10H17NS2/c1-4-11-9(7-12-3)10-6-5-8(2)13-10/h5-6,9,11H,4,7H2,1-3H3. The number of rotatable bonds is 5. The predicted molar refractivity (Wildman–Crippen MR) is 63.9 cm³/mol. The van der Waals surface area contributed by atoms with Crippen molar-refractivity contribution in [2.45, 2.75) is 19.9 Å². The average molecular weight is 215 g/mol. The van der Waals surface area contributed by atoms with Gasteiger partial charge in [-0.15, -0.1) is 11.3 Å². The number of thiophene rings is 1. The summed E-state index contributed by atoms with van der Waals surface area (Å²) in [6.45, 7) is 5.37. The number of thioether (sulfide) groups is 1. The summed E-state index contributed by atoms with van der Waals surface area (Å²) >= 11 is 3.80. The molecule has 1 unspecified atom stereocenters. The third-order valence-corrected chi connectivity index (χ3v) is 3.67. The molecule has 0 aromatic carbocycles. The molecule has 1 nitrogen and oxygen atoms in total. The monoisotopic (exact) mass is 215 g/mol. The van der Waals surface area contributed by atoms with Gasteiger partial charge in [-0.2, -0.15) is 11.8 Å². The van der Waals surface area contributed by atoms with Crippen LogP contribution in [0.2, 0.25) is 0 Å². The zero-order valence-corrected chi connectivity index (χ0v) is 10.1. The normalized spacial score (nSPS) is 13.2. The zero-order valence-electron chi connectivity index (χ0n) is 8.46. The van der Waals surface area contributed by atoms with Gasteiger partial charge in [-0.05, 0) is 31.9 Å². The smallest absolute Gasteiger partial charge is 0.0506 e. The molecule has 1 heterocycles. The van der Waals surface area contributed by atoms with E-state index in [1.807, 2.05) is 23.1 Å². The van der Waals surface area contributed by atoms with Crippen LogP contribution in [-0.2, 0) is 0 Å². The molecule has 0 radical (unpaired) electrons. The van der Waals surface area contributed by atoms with Crippen LogP contribution in [0.1, 0.15) is 22.7 Å². The first-order valence-corrected chi connectivity index (χ1v) is 6.77. The fourth-order valence-electron chi connectivity index (χ4n) is 1.30. The lowest BCUT2D eigenvalue weighted by Gasteiger charge is -2.14. The molecule has 0 bridgehead atoms. The van der Waals surface area contributed by atoms with Crippen LogP contribution in [0.5, 0.6) is 0 Å². The summed E-state index contributed by atoms with van der Waals surface area (Å²) < 4.78 is 0. The molecule has 1 aromatic heterocycles. The van der Waals surface area contributed by atoms with Crippen molar-refractivity contribution >= 4 is 23.1 Å². The Labute approximate surface area is 88.9 Å². The van der Waals surface area contributed by atoms with Gasteiger partial charge in [0, 0.05) is 15.5 Å². The first kappa shape index (κ1) is 11.1. The molecule has 0 amide bonds. The average Bonchev–Trinajstić information content (AvgIpc) is 2.51. The van der Waals surface area contributed by atoms with Gasteiger partial charge in [0.2, 0.25) is 0 Å². The van der Waals surface area contributed by atoms with Crippen LogP contribution >= 0.6 is 23.1 Å². The van der Waals surface area contributed by atoms with Crippen molar-refractivity contribution in [1.82, 2.24) is 5.32 Å². The quantitative estimate of drug-likeness (QED) is 0.810. The summed E-state index contributed by atoms with van der Waals surface area (Å²) in [6, 6.07) is 4.98. The van der Waals surface area contributed by atoms with Gasteiger partial charge in [-0.25, -0.2) is 0 Å². The van der Waals surface area contributed by atoms with E-state index in [0.717, 1.165) is 12.3 Å². The Balaban J connectivity index is 2.63. The number of hydrogen-bond acceptors (Lipinski definition) is 3. The SMILES string of the molecule is CCNC(CSC)c1ccc(C)s1. The predicted octanol–water partition coefficient (Wildman–Crippen LogP) is 3.07. The lowest BCUT2D eigenvalue weighted by molar-refractivity contribution is 0.615. The summed E-state index contributed by atoms with van der Waals surface area (Å²) in [5, 5.41) is 3.50. The third-order valence-electron chi connectivity index (χ3n) is 1.89. The third kappa shape index (κ3) is 3.33. The highest BCUT2D eigenvalue weighted by Crippen LogP contribution is 2.24. The van der Waals surface area contributed by atoms with E-state index in [2.05, 4.69) is 37.6 Å². The van der Waals surface area contributed by atoms with Crippen molar-refractivity contribution in [3.63, 3.8) is 0 Å². The van der Waals surface area contributed by atoms with Crippen LogP contribution in [-0.4, -0.2) is 18.6 Å². The van der Waals surface area contributed by atoms with Gasteiger partial charge >= 0.3 is 0 Å². The molecule has 0 spiro atoms. The van der Waals surface area contributed by atoms with Crippen molar-refractivity contribution in [2.24, 2.45) is 0 Å². The molecule has 0 saturated heterocycles. The maximum atomic E-state index is 3.50. The first-order valence-electron chi connectivity index (χ1n) is 4.56. The van der Waals surface area contributed by atoms with Gasteiger partial charge in [0.15, 0.2) is 0 Å². The summed E-state index contributed by atoms with van der Waals surface area (Å²) in [6.07, 6.45) is 2.16. The highest BCUT2D eigenvalue weighted by atomic mass is 32.2. The first-order chi connectivity index (χ1) is 6.27. The Morgan fingerprint density at radius 2 is 2.31 bits per heavy atom. The van der Waals surface area contributed by atoms with Gasteiger partial charge in [-0.1, -0.05) is 6.92 Å². The Kier molecular flexibility index (Phi) is 4.84. The second kappa shape index (κ2) is 5.68. The van der Waals surface area contributed by atoms with E-state index in [-0.39, 0.29) is 0 Å². The summed E-state index contributed by atoms with van der Waals surface area (Å²) in [4.78, 5) is 2.87.